The number of hydrogen-bond donors (Lipinski definition) is 2. The second-order valence-electron chi connectivity index (χ2n) is 9.24. The third-order valence-corrected chi connectivity index (χ3v) is 9.25. The van der Waals surface area contributed by atoms with Crippen LogP contribution in [0.1, 0.15) is 31.2 Å². The maximum atomic E-state index is 13.1. The number of carbonyl (C=O) groups excluding carboxylic acids is 1. The fraction of sp³-hybridized carbons (Fsp3) is 0.296. The molecule has 0 radical (unpaired) electrons. The van der Waals surface area contributed by atoms with E-state index in [0.717, 1.165) is 36.0 Å². The molecule has 2 N–H and O–H groups in total. The Hall–Kier alpha value is -2.71. The topological polar surface area (TPSA) is 86.7 Å². The highest BCUT2D eigenvalue weighted by Crippen LogP contribution is 2.49. The van der Waals surface area contributed by atoms with E-state index in [2.05, 4.69) is 5.32 Å². The van der Waals surface area contributed by atoms with Crippen LogP contribution < -0.4 is 5.32 Å². The first-order valence-corrected chi connectivity index (χ1v) is 13.6. The number of rotatable bonds is 7. The van der Waals surface area contributed by atoms with Crippen LogP contribution in [0.3, 0.4) is 0 Å². The van der Waals surface area contributed by atoms with Crippen LogP contribution in [-0.4, -0.2) is 42.9 Å². The number of hydrogen-bond acceptors (Lipinski definition) is 4. The minimum atomic E-state index is -3.65. The van der Waals surface area contributed by atoms with E-state index in [1.807, 2.05) is 48.5 Å². The van der Waals surface area contributed by atoms with Crippen molar-refractivity contribution in [2.24, 2.45) is 0 Å². The van der Waals surface area contributed by atoms with Crippen molar-refractivity contribution < 1.29 is 18.3 Å². The normalized spacial score (nSPS) is 19.4. The summed E-state index contributed by atoms with van der Waals surface area (Å²) in [6.45, 7) is 0.254. The van der Waals surface area contributed by atoms with Gasteiger partial charge in [-0.2, -0.15) is 4.31 Å². The molecule has 0 unspecified atom stereocenters. The molecular formula is C27H27ClN2O4S. The summed E-state index contributed by atoms with van der Waals surface area (Å²) in [7, 11) is -3.65. The second-order valence-corrected chi connectivity index (χ2v) is 11.6. The fourth-order valence-corrected chi connectivity index (χ4v) is 6.64. The lowest BCUT2D eigenvalue weighted by molar-refractivity contribution is -0.118. The fourth-order valence-electron chi connectivity index (χ4n) is 4.83. The van der Waals surface area contributed by atoms with Crippen molar-refractivity contribution in [1.82, 2.24) is 4.31 Å². The van der Waals surface area contributed by atoms with Crippen molar-refractivity contribution in [2.45, 2.75) is 42.0 Å². The number of sulfonamides is 1. The van der Waals surface area contributed by atoms with Crippen molar-refractivity contribution in [3.05, 3.63) is 83.4 Å². The summed E-state index contributed by atoms with van der Waals surface area (Å²) in [6, 6.07) is 21.3. The number of benzene rings is 3. The molecule has 0 spiro atoms. The van der Waals surface area contributed by atoms with Gasteiger partial charge in [0.2, 0.25) is 15.9 Å². The zero-order valence-electron chi connectivity index (χ0n) is 19.2. The van der Waals surface area contributed by atoms with Crippen LogP contribution in [0, 0.1) is 0 Å². The molecule has 1 saturated carbocycles. The van der Waals surface area contributed by atoms with Crippen molar-refractivity contribution >= 4 is 33.2 Å². The number of nitrogens with one attached hydrogen (secondary N) is 1. The van der Waals surface area contributed by atoms with Gasteiger partial charge in [0.25, 0.3) is 0 Å². The van der Waals surface area contributed by atoms with Crippen LogP contribution in [0.2, 0.25) is 5.02 Å². The van der Waals surface area contributed by atoms with Gasteiger partial charge >= 0.3 is 0 Å². The SMILES string of the molecule is O=C(Nc1cccc(-c2ccc(S(=O)(=O)N3CCC[C@@H]3CO)cc2)c1)C1(c2ccc(Cl)cc2)CC1. The Morgan fingerprint density at radius 1 is 1.03 bits per heavy atom. The predicted molar refractivity (Wildman–Crippen MR) is 137 cm³/mol. The first kappa shape index (κ1) is 24.0. The van der Waals surface area contributed by atoms with Gasteiger partial charge in [0.15, 0.2) is 0 Å². The third-order valence-electron chi connectivity index (χ3n) is 7.03. The van der Waals surface area contributed by atoms with Crippen LogP contribution in [0.4, 0.5) is 5.69 Å². The molecule has 182 valence electrons. The number of aliphatic hydroxyl groups is 1. The number of anilines is 1. The Morgan fingerprint density at radius 2 is 1.74 bits per heavy atom. The van der Waals surface area contributed by atoms with E-state index in [1.165, 1.54) is 4.31 Å². The molecular weight excluding hydrogens is 484 g/mol. The standard InChI is InChI=1S/C27H27ClN2O4S/c28-22-10-8-21(9-11-22)27(14-15-27)26(32)29-23-4-1-3-20(17-23)19-6-12-25(13-7-19)35(33,34)30-16-2-5-24(30)18-31/h1,3-4,6-13,17,24,31H,2,5,14-16,18H2,(H,29,32)/t24-/m1/s1. The summed E-state index contributed by atoms with van der Waals surface area (Å²) in [5.74, 6) is -0.0394. The Bertz CT molecular complexity index is 1340. The molecule has 0 aromatic heterocycles. The molecule has 6 nitrogen and oxygen atoms in total. The molecule has 2 aliphatic rings. The number of amides is 1. The summed E-state index contributed by atoms with van der Waals surface area (Å²) in [4.78, 5) is 13.3. The van der Waals surface area contributed by atoms with Gasteiger partial charge in [0.05, 0.1) is 16.9 Å². The predicted octanol–water partition coefficient (Wildman–Crippen LogP) is 4.82. The minimum Gasteiger partial charge on any atom is -0.395 e. The van der Waals surface area contributed by atoms with Gasteiger partial charge in [-0.25, -0.2) is 8.42 Å². The summed E-state index contributed by atoms with van der Waals surface area (Å²) in [5, 5.41) is 13.2. The van der Waals surface area contributed by atoms with Gasteiger partial charge in [0, 0.05) is 23.3 Å². The van der Waals surface area contributed by atoms with E-state index >= 15 is 0 Å². The van der Waals surface area contributed by atoms with Gasteiger partial charge < -0.3 is 10.4 Å². The van der Waals surface area contributed by atoms with E-state index in [1.54, 1.807) is 24.3 Å². The minimum absolute atomic E-state index is 0.0394. The first-order chi connectivity index (χ1) is 16.8. The largest absolute Gasteiger partial charge is 0.395 e. The van der Waals surface area contributed by atoms with Crippen molar-refractivity contribution in [1.29, 1.82) is 0 Å². The average Bonchev–Trinajstić information content (AvgIpc) is 3.54. The van der Waals surface area contributed by atoms with Gasteiger partial charge in [-0.1, -0.05) is 48.0 Å². The third kappa shape index (κ3) is 4.61. The number of nitrogens with zero attached hydrogens (tertiary/aromatic N) is 1. The molecule has 1 heterocycles. The average molecular weight is 511 g/mol. The van der Waals surface area contributed by atoms with Gasteiger partial charge in [-0.3, -0.25) is 4.79 Å². The highest BCUT2D eigenvalue weighted by molar-refractivity contribution is 7.89. The van der Waals surface area contributed by atoms with E-state index in [-0.39, 0.29) is 23.5 Å². The first-order valence-electron chi connectivity index (χ1n) is 11.7. The second kappa shape index (κ2) is 9.39. The molecule has 1 aliphatic heterocycles. The number of aliphatic hydroxyl groups excluding tert-OH is 1. The van der Waals surface area contributed by atoms with Gasteiger partial charge in [-0.15, -0.1) is 0 Å². The highest BCUT2D eigenvalue weighted by Gasteiger charge is 2.51. The zero-order chi connectivity index (χ0) is 24.6. The molecule has 1 atom stereocenters. The van der Waals surface area contributed by atoms with Crippen LogP contribution in [0.15, 0.2) is 77.7 Å². The summed E-state index contributed by atoms with van der Waals surface area (Å²) >= 11 is 6.00. The summed E-state index contributed by atoms with van der Waals surface area (Å²) in [5.41, 5.74) is 2.86. The highest BCUT2D eigenvalue weighted by atomic mass is 35.5. The molecule has 5 rings (SSSR count). The van der Waals surface area contributed by atoms with E-state index in [4.69, 9.17) is 11.6 Å². The quantitative estimate of drug-likeness (QED) is 0.477. The Kier molecular flexibility index (Phi) is 6.44. The van der Waals surface area contributed by atoms with Crippen molar-refractivity contribution in [3.63, 3.8) is 0 Å². The van der Waals surface area contributed by atoms with Crippen LogP contribution >= 0.6 is 11.6 Å². The maximum absolute atomic E-state index is 13.1. The van der Waals surface area contributed by atoms with Crippen LogP contribution in [0.5, 0.6) is 0 Å². The van der Waals surface area contributed by atoms with E-state index in [9.17, 15) is 18.3 Å². The summed E-state index contributed by atoms with van der Waals surface area (Å²) < 4.78 is 27.4. The molecule has 3 aromatic rings. The zero-order valence-corrected chi connectivity index (χ0v) is 20.7. The lowest BCUT2D eigenvalue weighted by Crippen LogP contribution is -2.37. The van der Waals surface area contributed by atoms with Crippen LogP contribution in [-0.2, 0) is 20.2 Å². The lowest BCUT2D eigenvalue weighted by Gasteiger charge is -2.22. The van der Waals surface area contributed by atoms with E-state index < -0.39 is 15.4 Å². The molecule has 3 aromatic carbocycles. The Morgan fingerprint density at radius 3 is 2.40 bits per heavy atom. The number of carbonyl (C=O) groups is 1. The molecule has 2 fully saturated rings. The van der Waals surface area contributed by atoms with Gasteiger partial charge in [0.1, 0.15) is 0 Å². The van der Waals surface area contributed by atoms with Crippen molar-refractivity contribution in [3.8, 4) is 11.1 Å². The Balaban J connectivity index is 1.33. The molecule has 0 bridgehead atoms. The lowest BCUT2D eigenvalue weighted by atomic mass is 9.95. The van der Waals surface area contributed by atoms with Crippen LogP contribution in [0.25, 0.3) is 11.1 Å². The molecule has 35 heavy (non-hydrogen) atoms. The van der Waals surface area contributed by atoms with Crippen molar-refractivity contribution in [2.75, 3.05) is 18.5 Å². The Labute approximate surface area is 210 Å². The maximum Gasteiger partial charge on any atom is 0.243 e. The van der Waals surface area contributed by atoms with Gasteiger partial charge in [-0.05, 0) is 78.8 Å². The van der Waals surface area contributed by atoms with E-state index in [0.29, 0.717) is 23.7 Å². The molecule has 1 saturated heterocycles. The molecule has 1 aliphatic carbocycles. The molecule has 8 heteroatoms. The number of halogens is 1. The monoisotopic (exact) mass is 510 g/mol. The smallest absolute Gasteiger partial charge is 0.243 e. The summed E-state index contributed by atoms with van der Waals surface area (Å²) in [6.07, 6.45) is 3.01. The molecule has 1 amide bonds.